The van der Waals surface area contributed by atoms with Gasteiger partial charge in [-0.1, -0.05) is 30.8 Å². The summed E-state index contributed by atoms with van der Waals surface area (Å²) in [4.78, 5) is 18.3. The van der Waals surface area contributed by atoms with Gasteiger partial charge >= 0.3 is 0 Å². The van der Waals surface area contributed by atoms with E-state index in [1.54, 1.807) is 12.3 Å². The minimum Gasteiger partial charge on any atom is -0.334 e. The smallest absolute Gasteiger partial charge is 0.258 e. The van der Waals surface area contributed by atoms with E-state index in [0.29, 0.717) is 17.3 Å². The molecular weight excluding hydrogens is 256 g/mol. The maximum atomic E-state index is 11.3. The van der Waals surface area contributed by atoms with Gasteiger partial charge in [-0.3, -0.25) is 4.79 Å². The van der Waals surface area contributed by atoms with Crippen LogP contribution in [0.25, 0.3) is 11.5 Å². The normalized spacial score (nSPS) is 18.6. The molecule has 2 heterocycles. The molecule has 3 N–H and O–H groups in total. The molecule has 0 bridgehead atoms. The lowest BCUT2D eigenvalue weighted by molar-refractivity contribution is 0.334. The summed E-state index contributed by atoms with van der Waals surface area (Å²) in [6.07, 6.45) is 7.90. The molecule has 0 saturated heterocycles. The van der Waals surface area contributed by atoms with Crippen molar-refractivity contribution < 1.29 is 4.52 Å². The SMILES string of the molecule is NC1(c2noc(-c3cc[nH]c(=O)c3)n2)CCCCCC1. The van der Waals surface area contributed by atoms with E-state index in [9.17, 15) is 4.79 Å². The summed E-state index contributed by atoms with van der Waals surface area (Å²) in [7, 11) is 0. The van der Waals surface area contributed by atoms with Crippen LogP contribution in [-0.2, 0) is 5.54 Å². The number of nitrogens with two attached hydrogens (primary N) is 1. The number of aromatic nitrogens is 3. The van der Waals surface area contributed by atoms with E-state index in [1.165, 1.54) is 18.9 Å². The van der Waals surface area contributed by atoms with Gasteiger partial charge in [0.25, 0.3) is 5.89 Å². The summed E-state index contributed by atoms with van der Waals surface area (Å²) in [5.74, 6) is 0.898. The Hall–Kier alpha value is -1.95. The third kappa shape index (κ3) is 2.51. The van der Waals surface area contributed by atoms with E-state index < -0.39 is 5.54 Å². The fourth-order valence-electron chi connectivity index (χ4n) is 2.70. The quantitative estimate of drug-likeness (QED) is 0.815. The number of nitrogens with zero attached hydrogens (tertiary/aromatic N) is 2. The monoisotopic (exact) mass is 274 g/mol. The molecule has 0 amide bonds. The summed E-state index contributed by atoms with van der Waals surface area (Å²) in [5, 5.41) is 4.04. The number of hydrogen-bond acceptors (Lipinski definition) is 5. The van der Waals surface area contributed by atoms with Crippen molar-refractivity contribution in [2.45, 2.75) is 44.1 Å². The van der Waals surface area contributed by atoms with Crippen molar-refractivity contribution in [3.8, 4) is 11.5 Å². The first-order valence-corrected chi connectivity index (χ1v) is 7.00. The first-order chi connectivity index (χ1) is 9.67. The number of hydrogen-bond donors (Lipinski definition) is 2. The molecule has 1 aliphatic rings. The summed E-state index contributed by atoms with van der Waals surface area (Å²) in [6.45, 7) is 0. The van der Waals surface area contributed by atoms with Gasteiger partial charge < -0.3 is 15.2 Å². The van der Waals surface area contributed by atoms with Crippen LogP contribution < -0.4 is 11.3 Å². The Kier molecular flexibility index (Phi) is 3.40. The Morgan fingerprint density at radius 1 is 1.25 bits per heavy atom. The number of rotatable bonds is 2. The van der Waals surface area contributed by atoms with Crippen molar-refractivity contribution in [1.82, 2.24) is 15.1 Å². The third-order valence-corrected chi connectivity index (χ3v) is 3.89. The highest BCUT2D eigenvalue weighted by Gasteiger charge is 2.33. The molecule has 0 aliphatic heterocycles. The topological polar surface area (TPSA) is 97.8 Å². The molecule has 2 aromatic heterocycles. The zero-order valence-electron chi connectivity index (χ0n) is 11.3. The van der Waals surface area contributed by atoms with Gasteiger partial charge in [0.1, 0.15) is 0 Å². The van der Waals surface area contributed by atoms with Gasteiger partial charge in [0, 0.05) is 17.8 Å². The van der Waals surface area contributed by atoms with Crippen molar-refractivity contribution in [2.75, 3.05) is 0 Å². The number of pyridine rings is 1. The van der Waals surface area contributed by atoms with Gasteiger partial charge in [-0.15, -0.1) is 0 Å². The Morgan fingerprint density at radius 3 is 2.70 bits per heavy atom. The third-order valence-electron chi connectivity index (χ3n) is 3.89. The summed E-state index contributed by atoms with van der Waals surface area (Å²) < 4.78 is 5.27. The van der Waals surface area contributed by atoms with Crippen LogP contribution in [0.1, 0.15) is 44.3 Å². The van der Waals surface area contributed by atoms with Crippen LogP contribution in [0.15, 0.2) is 27.6 Å². The zero-order valence-corrected chi connectivity index (χ0v) is 11.3. The molecule has 20 heavy (non-hydrogen) atoms. The van der Waals surface area contributed by atoms with Crippen LogP contribution in [0, 0.1) is 0 Å². The Labute approximate surface area is 116 Å². The second kappa shape index (κ2) is 5.20. The molecule has 1 aliphatic carbocycles. The van der Waals surface area contributed by atoms with Gasteiger partial charge in [-0.25, -0.2) is 0 Å². The van der Waals surface area contributed by atoms with Gasteiger partial charge in [0.15, 0.2) is 5.82 Å². The second-order valence-electron chi connectivity index (χ2n) is 5.44. The lowest BCUT2D eigenvalue weighted by Crippen LogP contribution is -2.37. The highest BCUT2D eigenvalue weighted by molar-refractivity contribution is 5.51. The minimum absolute atomic E-state index is 0.195. The van der Waals surface area contributed by atoms with Crippen molar-refractivity contribution in [3.63, 3.8) is 0 Å². The predicted molar refractivity (Wildman–Crippen MR) is 73.9 cm³/mol. The standard InChI is InChI=1S/C14H18N4O2/c15-14(6-3-1-2-4-7-14)13-17-12(20-18-13)10-5-8-16-11(19)9-10/h5,8-9H,1-4,6-7,15H2,(H,16,19). The molecule has 6 heteroatoms. The van der Waals surface area contributed by atoms with Crippen LogP contribution in [0.3, 0.4) is 0 Å². The average molecular weight is 274 g/mol. The molecular formula is C14H18N4O2. The molecule has 0 atom stereocenters. The van der Waals surface area contributed by atoms with Crippen molar-refractivity contribution >= 4 is 0 Å². The van der Waals surface area contributed by atoms with Crippen molar-refractivity contribution in [1.29, 1.82) is 0 Å². The fraction of sp³-hybridized carbons (Fsp3) is 0.500. The molecule has 1 fully saturated rings. The van der Waals surface area contributed by atoms with E-state index in [-0.39, 0.29) is 5.56 Å². The van der Waals surface area contributed by atoms with E-state index >= 15 is 0 Å². The van der Waals surface area contributed by atoms with E-state index in [0.717, 1.165) is 25.7 Å². The van der Waals surface area contributed by atoms with E-state index in [4.69, 9.17) is 10.3 Å². The number of aromatic amines is 1. The minimum atomic E-state index is -0.501. The maximum Gasteiger partial charge on any atom is 0.258 e. The lowest BCUT2D eigenvalue weighted by atomic mass is 9.91. The summed E-state index contributed by atoms with van der Waals surface area (Å²) >= 11 is 0. The van der Waals surface area contributed by atoms with Crippen molar-refractivity contribution in [3.05, 3.63) is 34.5 Å². The van der Waals surface area contributed by atoms with Gasteiger partial charge in [0.05, 0.1) is 5.54 Å². The Morgan fingerprint density at radius 2 is 2.00 bits per heavy atom. The average Bonchev–Trinajstić information content (AvgIpc) is 2.84. The van der Waals surface area contributed by atoms with E-state index in [1.807, 2.05) is 0 Å². The van der Waals surface area contributed by atoms with Gasteiger partial charge in [0.2, 0.25) is 5.56 Å². The maximum absolute atomic E-state index is 11.3. The van der Waals surface area contributed by atoms with Crippen LogP contribution >= 0.6 is 0 Å². The summed E-state index contributed by atoms with van der Waals surface area (Å²) in [6, 6.07) is 3.17. The lowest BCUT2D eigenvalue weighted by Gasteiger charge is -2.23. The van der Waals surface area contributed by atoms with Gasteiger partial charge in [-0.05, 0) is 18.9 Å². The molecule has 106 valence electrons. The summed E-state index contributed by atoms with van der Waals surface area (Å²) in [5.41, 5.74) is 6.37. The Bertz CT molecular complexity index is 638. The first kappa shape index (κ1) is 13.1. The fourth-order valence-corrected chi connectivity index (χ4v) is 2.70. The first-order valence-electron chi connectivity index (χ1n) is 7.00. The predicted octanol–water partition coefficient (Wildman–Crippen LogP) is 1.93. The molecule has 3 rings (SSSR count). The number of nitrogens with one attached hydrogen (secondary N) is 1. The highest BCUT2D eigenvalue weighted by Crippen LogP contribution is 2.32. The van der Waals surface area contributed by atoms with Crippen LogP contribution in [0.4, 0.5) is 0 Å². The number of H-pyrrole nitrogens is 1. The molecule has 1 saturated carbocycles. The highest BCUT2D eigenvalue weighted by atomic mass is 16.5. The molecule has 6 nitrogen and oxygen atoms in total. The van der Waals surface area contributed by atoms with Gasteiger partial charge in [-0.2, -0.15) is 4.98 Å². The van der Waals surface area contributed by atoms with E-state index in [2.05, 4.69) is 15.1 Å². The zero-order chi connectivity index (χ0) is 14.0. The molecule has 2 aromatic rings. The molecule has 0 aromatic carbocycles. The molecule has 0 spiro atoms. The van der Waals surface area contributed by atoms with Crippen LogP contribution in [0.5, 0.6) is 0 Å². The second-order valence-corrected chi connectivity index (χ2v) is 5.44. The molecule has 0 unspecified atom stereocenters. The Balaban J connectivity index is 1.91. The van der Waals surface area contributed by atoms with Crippen LogP contribution in [0.2, 0.25) is 0 Å². The van der Waals surface area contributed by atoms with Crippen molar-refractivity contribution in [2.24, 2.45) is 5.73 Å². The largest absolute Gasteiger partial charge is 0.334 e. The van der Waals surface area contributed by atoms with Crippen LogP contribution in [-0.4, -0.2) is 15.1 Å². The molecule has 0 radical (unpaired) electrons.